The second kappa shape index (κ2) is 27.2. The summed E-state index contributed by atoms with van der Waals surface area (Å²) in [5, 5.41) is 9.49. The molecule has 4 heterocycles. The number of hydrogen-bond donors (Lipinski definition) is 10. The molecule has 0 saturated carbocycles. The summed E-state index contributed by atoms with van der Waals surface area (Å²) >= 11 is 0. The topological polar surface area (TPSA) is 477 Å². The summed E-state index contributed by atoms with van der Waals surface area (Å²) in [7, 11) is -25.4. The molecule has 452 valence electrons. The van der Waals surface area contributed by atoms with Crippen molar-refractivity contribution in [3.8, 4) is 0 Å². The third-order valence-corrected chi connectivity index (χ3v) is 17.2. The van der Waals surface area contributed by atoms with Crippen LogP contribution in [0.2, 0.25) is 0 Å². The molecular weight excluding hydrogens is 1220 g/mol. The predicted molar refractivity (Wildman–Crippen MR) is 286 cm³/mol. The van der Waals surface area contributed by atoms with Crippen LogP contribution >= 0.6 is 31.3 Å². The van der Waals surface area contributed by atoms with Gasteiger partial charge in [0.1, 0.15) is 12.2 Å². The number of amides is 4. The number of H-pyrrole nitrogens is 2. The average molecular weight is 1270 g/mol. The molecule has 0 bridgehead atoms. The highest BCUT2D eigenvalue weighted by Gasteiger charge is 2.55. The Balaban J connectivity index is 0.969. The van der Waals surface area contributed by atoms with E-state index in [4.69, 9.17) is 37.5 Å². The molecule has 2 aliphatic heterocycles. The molecule has 0 spiro atoms. The lowest BCUT2D eigenvalue weighted by atomic mass is 10.1. The summed E-state index contributed by atoms with van der Waals surface area (Å²) in [5.41, 5.74) is -3.49. The monoisotopic (exact) mass is 1270 g/mol. The van der Waals surface area contributed by atoms with Crippen LogP contribution in [0.5, 0.6) is 0 Å². The Bertz CT molecular complexity index is 3560. The third kappa shape index (κ3) is 17.9. The molecule has 35 nitrogen and oxygen atoms in total. The molecule has 0 aliphatic carbocycles. The van der Waals surface area contributed by atoms with E-state index < -0.39 is 140 Å². The second-order valence-corrected chi connectivity index (χ2v) is 23.5. The number of rotatable bonds is 22. The lowest BCUT2D eigenvalue weighted by molar-refractivity contribution is -0.0554. The van der Waals surface area contributed by atoms with Gasteiger partial charge in [0, 0.05) is 47.3 Å². The Morgan fingerprint density at radius 1 is 0.424 bits per heavy atom. The molecule has 4 amide bonds. The number of para-hydroxylation sites is 4. The minimum atomic E-state index is -6.55. The molecule has 2 saturated heterocycles. The van der Waals surface area contributed by atoms with Crippen molar-refractivity contribution in [2.75, 3.05) is 34.5 Å². The highest BCUT2D eigenvalue weighted by atomic mass is 31.3. The maximum absolute atomic E-state index is 13.3. The lowest BCUT2D eigenvalue weighted by Crippen LogP contribution is -2.44. The maximum Gasteiger partial charge on any atom is 0.490 e. The van der Waals surface area contributed by atoms with Crippen LogP contribution in [0.1, 0.15) is 12.5 Å². The lowest BCUT2D eigenvalue weighted by Gasteiger charge is -2.25. The summed E-state index contributed by atoms with van der Waals surface area (Å²) in [6.45, 7) is -2.77. The minimum absolute atomic E-state index is 0.155. The maximum atomic E-state index is 13.3. The zero-order valence-corrected chi connectivity index (χ0v) is 46.3. The van der Waals surface area contributed by atoms with Crippen LogP contribution < -0.4 is 43.8 Å². The van der Waals surface area contributed by atoms with Crippen molar-refractivity contribution in [3.05, 3.63) is 188 Å². The van der Waals surface area contributed by atoms with E-state index in [0.717, 1.165) is 24.5 Å². The van der Waals surface area contributed by atoms with Crippen LogP contribution in [-0.4, -0.2) is 113 Å². The number of aromatic nitrogens is 4. The molecular formula is C46H46N8O27P4. The number of hydrogen-bond acceptors (Lipinski definition) is 23. The van der Waals surface area contributed by atoms with Crippen LogP contribution in [0.25, 0.3) is 0 Å². The standard InChI is InChI=1S/C46H46N8O27P4/c55-33-21-23-53(41(57)51-33)39-37(77-45(61)49-29-17-9-3-10-18-29)35(75-43(59)47-27-13-5-1-6-14-27)31(73-39)25-71-82(63,64)79-84(67,68)81-85(69,70)80-83(65,66)72-26-32-36(76-44(60)48-28-15-7-2-8-16-28)38(78-46(62)50-30-19-11-4-12-20-30)40(74-32)54-24-22-34(56)52-42(54)58/h1-24,31-32,35-40H,25-26H2,(H,47,59)(H,48,60)(H,49,61)(H,50,62)(H,63,64)(H,65,66)(H,67,68)(H,69,70)(H,51,55,57)(H,52,56,58)/t31-,32-,35-,36-,37-,38-,39-,40-/m1/s1. The summed E-state index contributed by atoms with van der Waals surface area (Å²) < 4.78 is 110. The van der Waals surface area contributed by atoms with E-state index in [0.29, 0.717) is 9.13 Å². The van der Waals surface area contributed by atoms with Gasteiger partial charge in [-0.05, 0) is 48.5 Å². The molecule has 8 rings (SSSR count). The molecule has 0 radical (unpaired) electrons. The van der Waals surface area contributed by atoms with Gasteiger partial charge in [0.2, 0.25) is 0 Å². The van der Waals surface area contributed by atoms with Crippen molar-refractivity contribution < 1.29 is 107 Å². The van der Waals surface area contributed by atoms with Crippen molar-refractivity contribution >= 4 is 78.4 Å². The first-order valence-electron chi connectivity index (χ1n) is 24.1. The van der Waals surface area contributed by atoms with Gasteiger partial charge in [0.15, 0.2) is 36.9 Å². The number of carbonyl (C=O) groups is 4. The SMILES string of the molecule is O=C(Nc1ccccc1)O[C@@H]1[C@H](OC(=O)Nc2ccccc2)[C@@H](COP(=O)(O)OP(=O)(O)OP(=O)(O)OP(=O)(O)OC[C@H]2O[C@@H](n3ccc(=O)[nH]c3=O)[C@H](OC(=O)Nc3ccccc3)[C@@H]2OC(=O)Nc2ccccc2)O[C@H]1n1ccc(=O)[nH]c1=O. The number of anilines is 4. The summed E-state index contributed by atoms with van der Waals surface area (Å²) in [6.07, 6.45) is -18.8. The third-order valence-electron chi connectivity index (χ3n) is 11.3. The quantitative estimate of drug-likeness (QED) is 0.0321. The smallest absolute Gasteiger partial charge is 0.439 e. The van der Waals surface area contributed by atoms with Crippen LogP contribution in [0.3, 0.4) is 0 Å². The van der Waals surface area contributed by atoms with Gasteiger partial charge in [-0.3, -0.25) is 59.0 Å². The predicted octanol–water partition coefficient (Wildman–Crippen LogP) is 4.84. The van der Waals surface area contributed by atoms with Crippen molar-refractivity contribution in [1.82, 2.24) is 19.1 Å². The van der Waals surface area contributed by atoms with Gasteiger partial charge in [-0.25, -0.2) is 47.0 Å². The number of nitrogens with zero attached hydrogens (tertiary/aromatic N) is 2. The molecule has 2 aliphatic rings. The highest BCUT2D eigenvalue weighted by Crippen LogP contribution is 2.71. The molecule has 2 fully saturated rings. The zero-order valence-electron chi connectivity index (χ0n) is 42.8. The van der Waals surface area contributed by atoms with E-state index in [1.165, 1.54) is 72.8 Å². The Labute approximate surface area is 474 Å². The molecule has 85 heavy (non-hydrogen) atoms. The van der Waals surface area contributed by atoms with Crippen molar-refractivity contribution in [2.45, 2.75) is 49.1 Å². The van der Waals surface area contributed by atoms with Gasteiger partial charge in [-0.1, -0.05) is 72.8 Å². The van der Waals surface area contributed by atoms with E-state index in [-0.39, 0.29) is 22.7 Å². The fourth-order valence-corrected chi connectivity index (χ4v) is 12.8. The molecule has 6 aromatic rings. The largest absolute Gasteiger partial charge is 0.490 e. The summed E-state index contributed by atoms with van der Waals surface area (Å²) in [4.78, 5) is 149. The van der Waals surface area contributed by atoms with Crippen LogP contribution in [0.4, 0.5) is 41.9 Å². The van der Waals surface area contributed by atoms with Crippen molar-refractivity contribution in [2.24, 2.45) is 0 Å². The zero-order chi connectivity index (χ0) is 61.1. The Morgan fingerprint density at radius 2 is 0.694 bits per heavy atom. The number of ether oxygens (including phenoxy) is 6. The molecule has 2 aromatic heterocycles. The molecule has 4 unspecified atom stereocenters. The van der Waals surface area contributed by atoms with Gasteiger partial charge >= 0.3 is 67.0 Å². The summed E-state index contributed by atoms with van der Waals surface area (Å²) in [6, 6.07) is 32.0. The number of aromatic amines is 2. The van der Waals surface area contributed by atoms with Gasteiger partial charge in [-0.2, -0.15) is 12.9 Å². The van der Waals surface area contributed by atoms with E-state index in [1.54, 1.807) is 48.5 Å². The summed E-state index contributed by atoms with van der Waals surface area (Å²) in [5.74, 6) is 0. The van der Waals surface area contributed by atoms with Gasteiger partial charge < -0.3 is 48.0 Å². The minimum Gasteiger partial charge on any atom is -0.439 e. The number of carbonyl (C=O) groups excluding carboxylic acids is 4. The molecule has 4 aromatic carbocycles. The number of benzene rings is 4. The normalized spacial score (nSPS) is 22.8. The first-order chi connectivity index (χ1) is 40.3. The highest BCUT2D eigenvalue weighted by molar-refractivity contribution is 7.69. The van der Waals surface area contributed by atoms with E-state index in [9.17, 15) is 76.2 Å². The Morgan fingerprint density at radius 3 is 0.976 bits per heavy atom. The van der Waals surface area contributed by atoms with E-state index in [2.05, 4.69) is 34.2 Å². The van der Waals surface area contributed by atoms with Crippen LogP contribution in [0, 0.1) is 0 Å². The van der Waals surface area contributed by atoms with Crippen LogP contribution in [-0.2, 0) is 68.7 Å². The number of phosphoric acid groups is 4. The average Bonchev–Trinajstić information content (AvgIpc) is 1.88. The van der Waals surface area contributed by atoms with E-state index in [1.807, 2.05) is 9.97 Å². The van der Waals surface area contributed by atoms with Gasteiger partial charge in [0.05, 0.1) is 13.2 Å². The fraction of sp³-hybridized carbons (Fsp3) is 0.217. The Hall–Kier alpha value is -8.20. The van der Waals surface area contributed by atoms with Crippen molar-refractivity contribution in [1.29, 1.82) is 0 Å². The van der Waals surface area contributed by atoms with E-state index >= 15 is 0 Å². The molecule has 12 atom stereocenters. The molecule has 39 heteroatoms. The van der Waals surface area contributed by atoms with Crippen LogP contribution in [0.15, 0.2) is 165 Å². The van der Waals surface area contributed by atoms with Crippen molar-refractivity contribution in [3.63, 3.8) is 0 Å². The molecule has 10 N–H and O–H groups in total. The number of phosphoric ester groups is 2. The Kier molecular flexibility index (Phi) is 20.1. The fourth-order valence-electron chi connectivity index (χ4n) is 7.90. The first-order valence-corrected chi connectivity index (χ1v) is 30.1. The second-order valence-electron chi connectivity index (χ2n) is 17.3. The van der Waals surface area contributed by atoms with Gasteiger partial charge in [0.25, 0.3) is 11.1 Å². The number of nitrogens with one attached hydrogen (secondary N) is 6. The van der Waals surface area contributed by atoms with Gasteiger partial charge in [-0.15, -0.1) is 0 Å². The first kappa shape index (κ1) is 62.8.